The maximum absolute atomic E-state index is 12.6. The van der Waals surface area contributed by atoms with E-state index in [1.165, 1.54) is 18.2 Å². The summed E-state index contributed by atoms with van der Waals surface area (Å²) < 4.78 is 27.8. The van der Waals surface area contributed by atoms with Crippen LogP contribution < -0.4 is 4.72 Å². The van der Waals surface area contributed by atoms with Crippen molar-refractivity contribution in [1.29, 1.82) is 5.26 Å². The van der Waals surface area contributed by atoms with Gasteiger partial charge in [-0.15, -0.1) is 0 Å². The molecule has 0 atom stereocenters. The zero-order chi connectivity index (χ0) is 19.7. The minimum atomic E-state index is -3.82. The Morgan fingerprint density at radius 2 is 1.86 bits per heavy atom. The molecule has 8 heteroatoms. The van der Waals surface area contributed by atoms with Crippen molar-refractivity contribution in [1.82, 2.24) is 9.97 Å². The Morgan fingerprint density at radius 3 is 2.64 bits per heavy atom. The van der Waals surface area contributed by atoms with Crippen molar-refractivity contribution in [3.63, 3.8) is 0 Å². The number of aromatic nitrogens is 2. The van der Waals surface area contributed by atoms with E-state index >= 15 is 0 Å². The molecule has 0 fully saturated rings. The average molecular weight is 409 g/mol. The Hall–Kier alpha value is -3.34. The smallest absolute Gasteiger partial charge is 0.261 e. The Bertz CT molecular complexity index is 1340. The molecule has 28 heavy (non-hydrogen) atoms. The quantitative estimate of drug-likeness (QED) is 0.517. The summed E-state index contributed by atoms with van der Waals surface area (Å²) in [7, 11) is -3.82. The van der Waals surface area contributed by atoms with Gasteiger partial charge in [0.1, 0.15) is 5.82 Å². The first kappa shape index (κ1) is 18.0. The van der Waals surface area contributed by atoms with E-state index in [1.807, 2.05) is 24.3 Å². The molecule has 0 radical (unpaired) electrons. The Balaban J connectivity index is 1.68. The van der Waals surface area contributed by atoms with Crippen LogP contribution in [-0.4, -0.2) is 18.4 Å². The van der Waals surface area contributed by atoms with E-state index in [4.69, 9.17) is 16.9 Å². The molecule has 0 unspecified atom stereocenters. The number of benzene rings is 3. The highest BCUT2D eigenvalue weighted by atomic mass is 35.5. The molecule has 6 nitrogen and oxygen atoms in total. The summed E-state index contributed by atoms with van der Waals surface area (Å²) in [5.41, 5.74) is 2.77. The summed E-state index contributed by atoms with van der Waals surface area (Å²) in [6, 6.07) is 20.1. The number of H-pyrrole nitrogens is 1. The number of aromatic amines is 1. The predicted octanol–water partition coefficient (Wildman–Crippen LogP) is 4.56. The summed E-state index contributed by atoms with van der Waals surface area (Å²) in [5, 5.41) is 9.54. The molecule has 0 spiro atoms. The van der Waals surface area contributed by atoms with Gasteiger partial charge >= 0.3 is 0 Å². The first-order chi connectivity index (χ1) is 13.5. The average Bonchev–Trinajstić information content (AvgIpc) is 3.11. The highest BCUT2D eigenvalue weighted by Crippen LogP contribution is 2.28. The van der Waals surface area contributed by atoms with Gasteiger partial charge in [0.2, 0.25) is 0 Å². The van der Waals surface area contributed by atoms with Crippen LogP contribution in [0.25, 0.3) is 22.4 Å². The SMILES string of the molecule is N#Cc1cccc(S(=O)(=O)Nc2ccc3nc(-c4ccccc4Cl)[nH]c3c2)c1. The maximum Gasteiger partial charge on any atom is 0.261 e. The number of rotatable bonds is 4. The number of hydrogen-bond donors (Lipinski definition) is 2. The number of sulfonamides is 1. The maximum atomic E-state index is 12.6. The number of hydrogen-bond acceptors (Lipinski definition) is 4. The number of nitriles is 1. The van der Waals surface area contributed by atoms with Gasteiger partial charge in [-0.25, -0.2) is 13.4 Å². The number of nitrogens with zero attached hydrogens (tertiary/aromatic N) is 2. The van der Waals surface area contributed by atoms with E-state index in [1.54, 1.807) is 30.3 Å². The molecule has 4 aromatic rings. The molecule has 1 aromatic heterocycles. The summed E-state index contributed by atoms with van der Waals surface area (Å²) in [4.78, 5) is 7.69. The largest absolute Gasteiger partial charge is 0.338 e. The van der Waals surface area contributed by atoms with Gasteiger partial charge in [-0.2, -0.15) is 5.26 Å². The van der Waals surface area contributed by atoms with Gasteiger partial charge in [0, 0.05) is 5.56 Å². The minimum Gasteiger partial charge on any atom is -0.338 e. The van der Waals surface area contributed by atoms with Crippen molar-refractivity contribution in [3.05, 3.63) is 77.3 Å². The molecule has 0 bridgehead atoms. The highest BCUT2D eigenvalue weighted by Gasteiger charge is 2.16. The Morgan fingerprint density at radius 1 is 1.04 bits per heavy atom. The van der Waals surface area contributed by atoms with Crippen molar-refractivity contribution >= 4 is 38.3 Å². The molecule has 0 aliphatic carbocycles. The Labute approximate surface area is 166 Å². The van der Waals surface area contributed by atoms with E-state index in [0.29, 0.717) is 27.6 Å². The van der Waals surface area contributed by atoms with Crippen LogP contribution in [-0.2, 0) is 10.0 Å². The monoisotopic (exact) mass is 408 g/mol. The first-order valence-corrected chi connectivity index (χ1v) is 10.1. The second kappa shape index (κ2) is 7.00. The fourth-order valence-electron chi connectivity index (χ4n) is 2.80. The number of halogens is 1. The molecule has 3 aromatic carbocycles. The minimum absolute atomic E-state index is 0.0213. The van der Waals surface area contributed by atoms with E-state index in [-0.39, 0.29) is 10.5 Å². The third-order valence-electron chi connectivity index (χ3n) is 4.14. The number of imidazole rings is 1. The summed E-state index contributed by atoms with van der Waals surface area (Å²) in [6.45, 7) is 0. The molecule has 0 saturated carbocycles. The van der Waals surface area contributed by atoms with E-state index in [0.717, 1.165) is 5.56 Å². The molecular weight excluding hydrogens is 396 g/mol. The topological polar surface area (TPSA) is 98.6 Å². The van der Waals surface area contributed by atoms with Gasteiger partial charge in [0.05, 0.1) is 38.3 Å². The molecular formula is C20H13ClN4O2S. The van der Waals surface area contributed by atoms with E-state index in [9.17, 15) is 8.42 Å². The molecule has 138 valence electrons. The summed E-state index contributed by atoms with van der Waals surface area (Å²) >= 11 is 6.22. The lowest BCUT2D eigenvalue weighted by Gasteiger charge is -2.08. The number of anilines is 1. The zero-order valence-corrected chi connectivity index (χ0v) is 15.9. The summed E-state index contributed by atoms with van der Waals surface area (Å²) in [6.07, 6.45) is 0. The molecule has 4 rings (SSSR count). The summed E-state index contributed by atoms with van der Waals surface area (Å²) in [5.74, 6) is 0.599. The third kappa shape index (κ3) is 3.43. The number of fused-ring (bicyclic) bond motifs is 1. The Kier molecular flexibility index (Phi) is 4.51. The third-order valence-corrected chi connectivity index (χ3v) is 5.85. The van der Waals surface area contributed by atoms with Crippen molar-refractivity contribution in [3.8, 4) is 17.5 Å². The predicted molar refractivity (Wildman–Crippen MR) is 109 cm³/mol. The van der Waals surface area contributed by atoms with Crippen molar-refractivity contribution in [2.24, 2.45) is 0 Å². The second-order valence-electron chi connectivity index (χ2n) is 6.04. The van der Waals surface area contributed by atoms with Crippen molar-refractivity contribution < 1.29 is 8.42 Å². The lowest BCUT2D eigenvalue weighted by Crippen LogP contribution is -2.13. The molecule has 0 saturated heterocycles. The van der Waals surface area contributed by atoms with Crippen LogP contribution in [0.1, 0.15) is 5.56 Å². The fourth-order valence-corrected chi connectivity index (χ4v) is 4.12. The van der Waals surface area contributed by atoms with Crippen LogP contribution in [0.15, 0.2) is 71.6 Å². The van der Waals surface area contributed by atoms with Gasteiger partial charge < -0.3 is 4.98 Å². The normalized spacial score (nSPS) is 11.3. The molecule has 1 heterocycles. The van der Waals surface area contributed by atoms with Crippen LogP contribution >= 0.6 is 11.6 Å². The van der Waals surface area contributed by atoms with Gasteiger partial charge in [0.25, 0.3) is 10.0 Å². The molecule has 0 aliphatic rings. The molecule has 2 N–H and O–H groups in total. The van der Waals surface area contributed by atoms with Gasteiger partial charge in [0.15, 0.2) is 0 Å². The fraction of sp³-hybridized carbons (Fsp3) is 0. The van der Waals surface area contributed by atoms with Crippen LogP contribution in [0.3, 0.4) is 0 Å². The van der Waals surface area contributed by atoms with Crippen molar-refractivity contribution in [2.75, 3.05) is 4.72 Å². The highest BCUT2D eigenvalue weighted by molar-refractivity contribution is 7.92. The van der Waals surface area contributed by atoms with Gasteiger partial charge in [-0.1, -0.05) is 29.8 Å². The first-order valence-electron chi connectivity index (χ1n) is 8.24. The zero-order valence-electron chi connectivity index (χ0n) is 14.3. The molecule has 0 amide bonds. The van der Waals surface area contributed by atoms with Crippen LogP contribution in [0, 0.1) is 11.3 Å². The van der Waals surface area contributed by atoms with E-state index in [2.05, 4.69) is 14.7 Å². The van der Waals surface area contributed by atoms with Crippen LogP contribution in [0.5, 0.6) is 0 Å². The second-order valence-corrected chi connectivity index (χ2v) is 8.13. The standard InChI is InChI=1S/C20H13ClN4O2S/c21-17-7-2-1-6-16(17)20-23-18-9-8-14(11-19(18)24-20)25-28(26,27)15-5-3-4-13(10-15)12-22/h1-11,25H,(H,23,24). The number of nitrogens with one attached hydrogen (secondary N) is 2. The van der Waals surface area contributed by atoms with Crippen LogP contribution in [0.2, 0.25) is 5.02 Å². The lowest BCUT2D eigenvalue weighted by molar-refractivity contribution is 0.601. The van der Waals surface area contributed by atoms with Crippen LogP contribution in [0.4, 0.5) is 5.69 Å². The lowest BCUT2D eigenvalue weighted by atomic mass is 10.2. The van der Waals surface area contributed by atoms with Crippen molar-refractivity contribution in [2.45, 2.75) is 4.90 Å². The molecule has 0 aliphatic heterocycles. The van der Waals surface area contributed by atoms with Gasteiger partial charge in [-0.3, -0.25) is 4.72 Å². The van der Waals surface area contributed by atoms with E-state index < -0.39 is 10.0 Å². The van der Waals surface area contributed by atoms with Gasteiger partial charge in [-0.05, 0) is 48.5 Å².